The molecule has 1 amide bonds. The third-order valence-electron chi connectivity index (χ3n) is 5.28. The summed E-state index contributed by atoms with van der Waals surface area (Å²) in [6.07, 6.45) is 2.43. The van der Waals surface area contributed by atoms with Crippen LogP contribution in [0.15, 0.2) is 79.4 Å². The zero-order chi connectivity index (χ0) is 20.5. The molecule has 4 aromatic rings. The van der Waals surface area contributed by atoms with Gasteiger partial charge in [0.25, 0.3) is 0 Å². The molecule has 5 rings (SSSR count). The number of amides is 1. The second-order valence-electron chi connectivity index (χ2n) is 7.02. The molecule has 0 saturated carbocycles. The van der Waals surface area contributed by atoms with E-state index in [0.717, 1.165) is 11.1 Å². The van der Waals surface area contributed by atoms with Gasteiger partial charge in [-0.15, -0.1) is 10.2 Å². The normalized spacial score (nSPS) is 12.3. The van der Waals surface area contributed by atoms with Crippen LogP contribution < -0.4 is 5.32 Å². The van der Waals surface area contributed by atoms with Crippen molar-refractivity contribution in [1.29, 1.82) is 0 Å². The minimum absolute atomic E-state index is 0.0277. The second kappa shape index (κ2) is 7.36. The lowest BCUT2D eigenvalue weighted by molar-refractivity contribution is 0.158. The molecule has 1 aliphatic carbocycles. The Morgan fingerprint density at radius 3 is 2.27 bits per heavy atom. The molecular weight excluding hydrogens is 380 g/mol. The van der Waals surface area contributed by atoms with Crippen molar-refractivity contribution in [3.8, 4) is 22.6 Å². The molecule has 1 aliphatic rings. The highest BCUT2D eigenvalue weighted by Crippen LogP contribution is 2.44. The summed E-state index contributed by atoms with van der Waals surface area (Å²) in [4.78, 5) is 12.5. The largest absolute Gasteiger partial charge is 0.506 e. The van der Waals surface area contributed by atoms with Crippen LogP contribution in [0.2, 0.25) is 0 Å². The number of phenols is 1. The van der Waals surface area contributed by atoms with E-state index < -0.39 is 6.09 Å². The second-order valence-corrected chi connectivity index (χ2v) is 7.02. The van der Waals surface area contributed by atoms with Gasteiger partial charge in [-0.25, -0.2) is 4.79 Å². The number of benzene rings is 3. The maximum Gasteiger partial charge on any atom is 0.411 e. The van der Waals surface area contributed by atoms with Crippen LogP contribution in [-0.4, -0.2) is 32.6 Å². The third kappa shape index (κ3) is 3.16. The van der Waals surface area contributed by atoms with E-state index in [2.05, 4.69) is 39.8 Å². The van der Waals surface area contributed by atoms with Crippen LogP contribution in [0.5, 0.6) is 5.75 Å². The van der Waals surface area contributed by atoms with Gasteiger partial charge in [-0.1, -0.05) is 48.5 Å². The predicted octanol–water partition coefficient (Wildman–Crippen LogP) is 4.33. The highest BCUT2D eigenvalue weighted by molar-refractivity contribution is 5.87. The quantitative estimate of drug-likeness (QED) is 0.500. The molecule has 0 bridgehead atoms. The van der Waals surface area contributed by atoms with E-state index in [1.807, 2.05) is 24.3 Å². The average molecular weight is 398 g/mol. The molecular formula is C23H18N4O3. The molecule has 30 heavy (non-hydrogen) atoms. The average Bonchev–Trinajstić information content (AvgIpc) is 3.41. The van der Waals surface area contributed by atoms with Gasteiger partial charge in [0.2, 0.25) is 0 Å². The van der Waals surface area contributed by atoms with Gasteiger partial charge in [-0.05, 0) is 40.5 Å². The first-order valence-corrected chi connectivity index (χ1v) is 9.51. The monoisotopic (exact) mass is 398 g/mol. The maximum absolute atomic E-state index is 12.5. The van der Waals surface area contributed by atoms with Crippen LogP contribution >= 0.6 is 0 Å². The van der Waals surface area contributed by atoms with Crippen molar-refractivity contribution in [2.24, 2.45) is 0 Å². The third-order valence-corrected chi connectivity index (χ3v) is 5.28. The summed E-state index contributed by atoms with van der Waals surface area (Å²) in [6, 6.07) is 21.1. The first kappa shape index (κ1) is 17.9. The van der Waals surface area contributed by atoms with Gasteiger partial charge in [0.1, 0.15) is 25.0 Å². The zero-order valence-electron chi connectivity index (χ0n) is 15.9. The van der Waals surface area contributed by atoms with E-state index in [1.54, 1.807) is 16.7 Å². The molecule has 0 aliphatic heterocycles. The van der Waals surface area contributed by atoms with Gasteiger partial charge < -0.3 is 9.84 Å². The van der Waals surface area contributed by atoms with Gasteiger partial charge in [-0.2, -0.15) is 0 Å². The number of anilines is 1. The van der Waals surface area contributed by atoms with Crippen LogP contribution in [-0.2, 0) is 4.74 Å². The maximum atomic E-state index is 12.5. The lowest BCUT2D eigenvalue weighted by Gasteiger charge is -2.15. The Morgan fingerprint density at radius 1 is 0.967 bits per heavy atom. The van der Waals surface area contributed by atoms with E-state index in [9.17, 15) is 9.90 Å². The Kier molecular flexibility index (Phi) is 4.40. The molecule has 148 valence electrons. The van der Waals surface area contributed by atoms with Gasteiger partial charge in [0, 0.05) is 5.92 Å². The topological polar surface area (TPSA) is 89.3 Å². The Balaban J connectivity index is 1.32. The first-order chi connectivity index (χ1) is 14.7. The summed E-state index contributed by atoms with van der Waals surface area (Å²) in [7, 11) is 0. The number of nitrogens with one attached hydrogen (secondary N) is 1. The minimum atomic E-state index is -0.631. The van der Waals surface area contributed by atoms with Crippen LogP contribution in [0.4, 0.5) is 10.5 Å². The van der Waals surface area contributed by atoms with Gasteiger partial charge in [0.15, 0.2) is 0 Å². The number of aromatic nitrogens is 3. The number of hydrogen-bond donors (Lipinski definition) is 2. The Bertz CT molecular complexity index is 1180. The number of carbonyl (C=O) groups excluding carboxylic acids is 1. The van der Waals surface area contributed by atoms with Crippen molar-refractivity contribution in [2.45, 2.75) is 5.92 Å². The lowest BCUT2D eigenvalue weighted by atomic mass is 9.98. The van der Waals surface area contributed by atoms with Crippen LogP contribution in [0.3, 0.4) is 0 Å². The van der Waals surface area contributed by atoms with Crippen LogP contribution in [0.25, 0.3) is 16.8 Å². The number of nitrogens with zero attached hydrogens (tertiary/aromatic N) is 3. The number of fused-ring (bicyclic) bond motifs is 3. The molecule has 7 heteroatoms. The molecule has 7 nitrogen and oxygen atoms in total. The molecule has 0 fully saturated rings. The Hall–Kier alpha value is -4.13. The van der Waals surface area contributed by atoms with Crippen LogP contribution in [0, 0.1) is 0 Å². The van der Waals surface area contributed by atoms with Gasteiger partial charge in [-0.3, -0.25) is 9.88 Å². The number of ether oxygens (including phenoxy) is 1. The fourth-order valence-electron chi connectivity index (χ4n) is 3.86. The Morgan fingerprint density at radius 2 is 1.60 bits per heavy atom. The summed E-state index contributed by atoms with van der Waals surface area (Å²) in [5.41, 5.74) is 5.57. The van der Waals surface area contributed by atoms with E-state index in [1.165, 1.54) is 29.8 Å². The van der Waals surface area contributed by atoms with Gasteiger partial charge >= 0.3 is 6.09 Å². The van der Waals surface area contributed by atoms with Crippen molar-refractivity contribution < 1.29 is 14.6 Å². The molecule has 0 unspecified atom stereocenters. The highest BCUT2D eigenvalue weighted by Gasteiger charge is 2.29. The van der Waals surface area contributed by atoms with E-state index in [0.29, 0.717) is 5.69 Å². The standard InChI is InChI=1S/C23H18N4O3/c28-22-10-9-15(27-13-24-25-14-27)11-21(22)26-23(29)30-12-20-18-7-3-1-5-16(18)17-6-2-4-8-19(17)20/h1-11,13-14,20,28H,12H2,(H,26,29). The van der Waals surface area contributed by atoms with Gasteiger partial charge in [0.05, 0.1) is 11.4 Å². The number of aromatic hydroxyl groups is 1. The Labute approximate surface area is 172 Å². The molecule has 0 saturated heterocycles. The number of carbonyl (C=O) groups is 1. The minimum Gasteiger partial charge on any atom is -0.506 e. The molecule has 2 N–H and O–H groups in total. The smallest absolute Gasteiger partial charge is 0.411 e. The van der Waals surface area contributed by atoms with Crippen molar-refractivity contribution in [3.63, 3.8) is 0 Å². The summed E-state index contributed by atoms with van der Waals surface area (Å²) < 4.78 is 7.21. The summed E-state index contributed by atoms with van der Waals surface area (Å²) in [6.45, 7) is 0.200. The molecule has 0 atom stereocenters. The molecule has 0 spiro atoms. The first-order valence-electron chi connectivity index (χ1n) is 9.51. The van der Waals surface area contributed by atoms with Crippen molar-refractivity contribution >= 4 is 11.8 Å². The van der Waals surface area contributed by atoms with E-state index >= 15 is 0 Å². The predicted molar refractivity (Wildman–Crippen MR) is 112 cm³/mol. The SMILES string of the molecule is O=C(Nc1cc(-n2cnnc2)ccc1O)OCC1c2ccccc2-c2ccccc21. The van der Waals surface area contributed by atoms with Crippen LogP contribution in [0.1, 0.15) is 17.0 Å². The summed E-state index contributed by atoms with van der Waals surface area (Å²) >= 11 is 0. The number of hydrogen-bond acceptors (Lipinski definition) is 5. The van der Waals surface area contributed by atoms with Crippen molar-refractivity contribution in [3.05, 3.63) is 90.5 Å². The fourth-order valence-corrected chi connectivity index (χ4v) is 3.86. The molecule has 1 aromatic heterocycles. The van der Waals surface area contributed by atoms with Crippen molar-refractivity contribution in [2.75, 3.05) is 11.9 Å². The van der Waals surface area contributed by atoms with Crippen molar-refractivity contribution in [1.82, 2.24) is 14.8 Å². The van der Waals surface area contributed by atoms with E-state index in [-0.39, 0.29) is 24.0 Å². The highest BCUT2D eigenvalue weighted by atomic mass is 16.5. The summed E-state index contributed by atoms with van der Waals surface area (Å²) in [5.74, 6) is -0.0829. The number of phenolic OH excluding ortho intramolecular Hbond substituents is 1. The van der Waals surface area contributed by atoms with E-state index in [4.69, 9.17) is 4.74 Å². The fraction of sp³-hybridized carbons (Fsp3) is 0.0870. The molecule has 1 heterocycles. The molecule has 0 radical (unpaired) electrons. The number of rotatable bonds is 4. The molecule has 3 aromatic carbocycles. The zero-order valence-corrected chi connectivity index (χ0v) is 15.9. The lowest BCUT2D eigenvalue weighted by Crippen LogP contribution is -2.18. The summed E-state index contributed by atoms with van der Waals surface area (Å²) in [5, 5.41) is 20.3.